The largest absolute Gasteiger partial charge is 0.261 e. The zero-order valence-corrected chi connectivity index (χ0v) is 13.0. The van der Waals surface area contributed by atoms with Crippen molar-refractivity contribution in [3.05, 3.63) is 63.6 Å². The lowest BCUT2D eigenvalue weighted by Gasteiger charge is -2.12. The van der Waals surface area contributed by atoms with E-state index in [0.717, 1.165) is 27.7 Å². The molecule has 0 bridgehead atoms. The highest BCUT2D eigenvalue weighted by molar-refractivity contribution is 9.11. The fourth-order valence-electron chi connectivity index (χ4n) is 1.67. The van der Waals surface area contributed by atoms with E-state index in [9.17, 15) is 4.39 Å². The van der Waals surface area contributed by atoms with Gasteiger partial charge < -0.3 is 0 Å². The molecule has 2 aromatic rings. The van der Waals surface area contributed by atoms with Crippen LogP contribution in [0.4, 0.5) is 4.39 Å². The van der Waals surface area contributed by atoms with Crippen molar-refractivity contribution in [2.75, 3.05) is 0 Å². The van der Waals surface area contributed by atoms with Crippen molar-refractivity contribution < 1.29 is 4.39 Å². The van der Waals surface area contributed by atoms with Crippen molar-refractivity contribution >= 4 is 31.9 Å². The van der Waals surface area contributed by atoms with Crippen LogP contribution in [0.2, 0.25) is 0 Å². The fourth-order valence-corrected chi connectivity index (χ4v) is 3.21. The lowest BCUT2D eigenvalue weighted by molar-refractivity contribution is 0.624. The average Bonchev–Trinajstić information content (AvgIpc) is 2.35. The highest BCUT2D eigenvalue weighted by atomic mass is 79.9. The summed E-state index contributed by atoms with van der Waals surface area (Å²) >= 11 is 7.03. The Labute approximate surface area is 123 Å². The van der Waals surface area contributed by atoms with E-state index in [1.807, 2.05) is 25.3 Å². The van der Waals surface area contributed by atoms with E-state index in [1.54, 1.807) is 6.07 Å². The first kappa shape index (κ1) is 13.7. The molecule has 1 heterocycles. The van der Waals surface area contributed by atoms with Gasteiger partial charge in [-0.15, -0.1) is 0 Å². The van der Waals surface area contributed by atoms with Gasteiger partial charge in [-0.1, -0.05) is 37.9 Å². The molecule has 0 saturated heterocycles. The molecule has 0 radical (unpaired) electrons. The quantitative estimate of drug-likeness (QED) is 0.693. The molecule has 0 aliphatic carbocycles. The van der Waals surface area contributed by atoms with Crippen LogP contribution in [0.25, 0.3) is 0 Å². The minimum atomic E-state index is -0.227. The molecule has 2 rings (SSSR count). The molecule has 1 unspecified atom stereocenters. The zero-order valence-electron chi connectivity index (χ0n) is 9.83. The lowest BCUT2D eigenvalue weighted by atomic mass is 10.1. The number of hydrogen-bond acceptors (Lipinski definition) is 1. The molecule has 0 saturated carbocycles. The molecular formula is C14H12Br2FN. The number of aryl methyl sites for hydroxylation is 1. The van der Waals surface area contributed by atoms with Crippen LogP contribution in [0.5, 0.6) is 0 Å². The number of halogens is 3. The van der Waals surface area contributed by atoms with Crippen molar-refractivity contribution in [3.63, 3.8) is 0 Å². The minimum absolute atomic E-state index is 0.0396. The Morgan fingerprint density at radius 3 is 2.72 bits per heavy atom. The fraction of sp³-hybridized carbons (Fsp3) is 0.214. The maximum atomic E-state index is 13.2. The second-order valence-corrected chi connectivity index (χ2v) is 6.12. The van der Waals surface area contributed by atoms with Gasteiger partial charge >= 0.3 is 0 Å². The molecule has 0 N–H and O–H groups in total. The van der Waals surface area contributed by atoms with E-state index in [4.69, 9.17) is 0 Å². The molecule has 1 nitrogen and oxygen atoms in total. The zero-order chi connectivity index (χ0) is 13.1. The summed E-state index contributed by atoms with van der Waals surface area (Å²) in [5.74, 6) is -0.227. The van der Waals surface area contributed by atoms with Crippen LogP contribution in [0.3, 0.4) is 0 Å². The molecule has 1 aromatic heterocycles. The minimum Gasteiger partial charge on any atom is -0.261 e. The van der Waals surface area contributed by atoms with Crippen molar-refractivity contribution in [2.24, 2.45) is 0 Å². The number of alkyl halides is 1. The van der Waals surface area contributed by atoms with Crippen LogP contribution < -0.4 is 0 Å². The molecule has 0 spiro atoms. The van der Waals surface area contributed by atoms with Crippen LogP contribution in [0.15, 0.2) is 41.0 Å². The summed E-state index contributed by atoms with van der Waals surface area (Å²) in [6, 6.07) is 8.73. The molecule has 1 aromatic carbocycles. The van der Waals surface area contributed by atoms with Gasteiger partial charge in [0.15, 0.2) is 0 Å². The summed E-state index contributed by atoms with van der Waals surface area (Å²) in [6.07, 6.45) is 2.57. The molecule has 0 aliphatic heterocycles. The second-order valence-electron chi connectivity index (χ2n) is 4.16. The number of rotatable bonds is 3. The van der Waals surface area contributed by atoms with Gasteiger partial charge in [-0.2, -0.15) is 0 Å². The Bertz CT molecular complexity index is 540. The predicted octanol–water partition coefficient (Wildman–Crippen LogP) is 4.97. The first-order valence-corrected chi connectivity index (χ1v) is 7.27. The standard InChI is InChI=1S/C14H12Br2FN/c1-9-2-4-11(18-8-9)7-14(16)12-6-10(17)3-5-13(12)15/h2-6,8,14H,7H2,1H3. The van der Waals surface area contributed by atoms with Crippen molar-refractivity contribution in [3.8, 4) is 0 Å². The summed E-state index contributed by atoms with van der Waals surface area (Å²) < 4.78 is 14.1. The summed E-state index contributed by atoms with van der Waals surface area (Å²) in [5.41, 5.74) is 3.02. The van der Waals surface area contributed by atoms with Gasteiger partial charge in [0, 0.05) is 27.6 Å². The second kappa shape index (κ2) is 5.93. The van der Waals surface area contributed by atoms with E-state index >= 15 is 0 Å². The maximum absolute atomic E-state index is 13.2. The van der Waals surface area contributed by atoms with Gasteiger partial charge in [0.2, 0.25) is 0 Å². The molecule has 0 aliphatic rings. The van der Waals surface area contributed by atoms with Gasteiger partial charge in [-0.3, -0.25) is 4.98 Å². The Balaban J connectivity index is 2.18. The monoisotopic (exact) mass is 371 g/mol. The Morgan fingerprint density at radius 2 is 2.06 bits per heavy atom. The van der Waals surface area contributed by atoms with Gasteiger partial charge in [0.05, 0.1) is 0 Å². The van der Waals surface area contributed by atoms with E-state index in [-0.39, 0.29) is 10.6 Å². The summed E-state index contributed by atoms with van der Waals surface area (Å²) in [4.78, 5) is 4.40. The van der Waals surface area contributed by atoms with E-state index in [1.165, 1.54) is 12.1 Å². The average molecular weight is 373 g/mol. The SMILES string of the molecule is Cc1ccc(CC(Br)c2cc(F)ccc2Br)nc1. The number of nitrogens with zero attached hydrogens (tertiary/aromatic N) is 1. The van der Waals surface area contributed by atoms with Crippen LogP contribution in [0.1, 0.15) is 21.6 Å². The Morgan fingerprint density at radius 1 is 1.28 bits per heavy atom. The highest BCUT2D eigenvalue weighted by Gasteiger charge is 2.13. The first-order valence-electron chi connectivity index (χ1n) is 5.57. The van der Waals surface area contributed by atoms with Crippen molar-refractivity contribution in [2.45, 2.75) is 18.2 Å². The third-order valence-corrected chi connectivity index (χ3v) is 4.20. The Kier molecular flexibility index (Phi) is 4.51. The normalized spacial score (nSPS) is 12.4. The third kappa shape index (κ3) is 3.39. The van der Waals surface area contributed by atoms with Gasteiger partial charge in [-0.05, 0) is 42.3 Å². The lowest BCUT2D eigenvalue weighted by Crippen LogP contribution is -1.99. The molecular weight excluding hydrogens is 361 g/mol. The van der Waals surface area contributed by atoms with Crippen LogP contribution >= 0.6 is 31.9 Å². The van der Waals surface area contributed by atoms with Crippen LogP contribution in [0, 0.1) is 12.7 Å². The van der Waals surface area contributed by atoms with Crippen molar-refractivity contribution in [1.82, 2.24) is 4.98 Å². The summed E-state index contributed by atoms with van der Waals surface area (Å²) in [5, 5.41) is 0. The smallest absolute Gasteiger partial charge is 0.123 e. The number of pyridine rings is 1. The number of aromatic nitrogens is 1. The highest BCUT2D eigenvalue weighted by Crippen LogP contribution is 2.32. The molecule has 4 heteroatoms. The van der Waals surface area contributed by atoms with E-state index in [0.29, 0.717) is 0 Å². The first-order chi connectivity index (χ1) is 8.56. The van der Waals surface area contributed by atoms with Gasteiger partial charge in [0.1, 0.15) is 5.82 Å². The van der Waals surface area contributed by atoms with Crippen LogP contribution in [-0.4, -0.2) is 4.98 Å². The molecule has 94 valence electrons. The summed E-state index contributed by atoms with van der Waals surface area (Å²) in [7, 11) is 0. The predicted molar refractivity (Wildman–Crippen MR) is 78.4 cm³/mol. The Hall–Kier alpha value is -0.740. The third-order valence-electron chi connectivity index (χ3n) is 2.66. The van der Waals surface area contributed by atoms with Crippen LogP contribution in [-0.2, 0) is 6.42 Å². The molecule has 1 atom stereocenters. The maximum Gasteiger partial charge on any atom is 0.123 e. The van der Waals surface area contributed by atoms with Gasteiger partial charge in [0.25, 0.3) is 0 Å². The number of hydrogen-bond donors (Lipinski definition) is 0. The topological polar surface area (TPSA) is 12.9 Å². The van der Waals surface area contributed by atoms with E-state index < -0.39 is 0 Å². The van der Waals surface area contributed by atoms with E-state index in [2.05, 4.69) is 36.8 Å². The number of benzene rings is 1. The molecule has 0 fully saturated rings. The molecule has 18 heavy (non-hydrogen) atoms. The van der Waals surface area contributed by atoms with Crippen molar-refractivity contribution in [1.29, 1.82) is 0 Å². The molecule has 0 amide bonds. The summed E-state index contributed by atoms with van der Waals surface area (Å²) in [6.45, 7) is 2.01. The van der Waals surface area contributed by atoms with Gasteiger partial charge in [-0.25, -0.2) is 4.39 Å².